The highest BCUT2D eigenvalue weighted by atomic mass is 32.1. The van der Waals surface area contributed by atoms with E-state index >= 15 is 0 Å². The third-order valence-corrected chi connectivity index (χ3v) is 4.55. The van der Waals surface area contributed by atoms with Crippen LogP contribution in [0, 0.1) is 11.3 Å². The lowest BCUT2D eigenvalue weighted by Crippen LogP contribution is -2.22. The summed E-state index contributed by atoms with van der Waals surface area (Å²) in [7, 11) is 0. The van der Waals surface area contributed by atoms with Crippen molar-refractivity contribution >= 4 is 27.8 Å². The van der Waals surface area contributed by atoms with Crippen LogP contribution < -0.4 is 11.1 Å². The van der Waals surface area contributed by atoms with Crippen molar-refractivity contribution in [2.75, 3.05) is 11.1 Å². The first-order valence-corrected chi connectivity index (χ1v) is 7.05. The molecule has 18 heavy (non-hydrogen) atoms. The highest BCUT2D eigenvalue weighted by Gasteiger charge is 2.21. The third-order valence-electron chi connectivity index (χ3n) is 3.32. The van der Waals surface area contributed by atoms with E-state index in [1.54, 1.807) is 0 Å². The van der Waals surface area contributed by atoms with E-state index in [4.69, 9.17) is 11.0 Å². The van der Waals surface area contributed by atoms with Gasteiger partial charge >= 0.3 is 0 Å². The molecule has 0 unspecified atom stereocenters. The zero-order chi connectivity index (χ0) is 13.1. The Hall–Kier alpha value is -1.54. The van der Waals surface area contributed by atoms with Gasteiger partial charge in [0.15, 0.2) is 5.78 Å². The number of Topliss-reactive ketones (excluding diaryl/α,β-unsaturated/α-hetero) is 1. The Morgan fingerprint density at radius 1 is 1.44 bits per heavy atom. The Morgan fingerprint density at radius 3 is 2.67 bits per heavy atom. The van der Waals surface area contributed by atoms with Crippen molar-refractivity contribution in [3.8, 4) is 6.07 Å². The molecule has 0 atom stereocenters. The predicted octanol–water partition coefficient (Wildman–Crippen LogP) is 3.15. The molecule has 4 nitrogen and oxygen atoms in total. The molecule has 0 saturated heterocycles. The Kier molecular flexibility index (Phi) is 3.87. The SMILES string of the molecule is CC(=O)c1sc(NC2CCCCC2)c(C#N)c1N. The molecule has 1 aromatic heterocycles. The largest absolute Gasteiger partial charge is 0.396 e. The molecule has 0 aliphatic heterocycles. The maximum absolute atomic E-state index is 11.4. The van der Waals surface area contributed by atoms with Crippen LogP contribution in [-0.4, -0.2) is 11.8 Å². The van der Waals surface area contributed by atoms with E-state index < -0.39 is 0 Å². The van der Waals surface area contributed by atoms with Crippen molar-refractivity contribution in [3.63, 3.8) is 0 Å². The van der Waals surface area contributed by atoms with Crippen LogP contribution in [0.1, 0.15) is 54.3 Å². The van der Waals surface area contributed by atoms with E-state index in [-0.39, 0.29) is 5.78 Å². The molecule has 1 heterocycles. The molecule has 5 heteroatoms. The molecule has 0 bridgehead atoms. The van der Waals surface area contributed by atoms with E-state index in [1.807, 2.05) is 0 Å². The van der Waals surface area contributed by atoms with Gasteiger partial charge in [0.25, 0.3) is 0 Å². The second-order valence-corrected chi connectivity index (χ2v) is 5.72. The van der Waals surface area contributed by atoms with Crippen molar-refractivity contribution in [2.45, 2.75) is 45.1 Å². The zero-order valence-corrected chi connectivity index (χ0v) is 11.3. The molecule has 1 aromatic rings. The number of nitrogen functional groups attached to an aromatic ring is 1. The van der Waals surface area contributed by atoms with Gasteiger partial charge in [-0.1, -0.05) is 19.3 Å². The normalized spacial score (nSPS) is 16.2. The van der Waals surface area contributed by atoms with Crippen LogP contribution in [0.3, 0.4) is 0 Å². The Morgan fingerprint density at radius 2 is 2.11 bits per heavy atom. The summed E-state index contributed by atoms with van der Waals surface area (Å²) in [4.78, 5) is 11.9. The molecule has 0 aromatic carbocycles. The highest BCUT2D eigenvalue weighted by molar-refractivity contribution is 7.19. The molecular weight excluding hydrogens is 246 g/mol. The van der Waals surface area contributed by atoms with Crippen LogP contribution in [0.5, 0.6) is 0 Å². The topological polar surface area (TPSA) is 78.9 Å². The Balaban J connectivity index is 2.24. The molecule has 1 fully saturated rings. The minimum atomic E-state index is -0.0781. The lowest BCUT2D eigenvalue weighted by atomic mass is 9.95. The van der Waals surface area contributed by atoms with Crippen molar-refractivity contribution < 1.29 is 4.79 Å². The van der Waals surface area contributed by atoms with Crippen LogP contribution in [0.4, 0.5) is 10.7 Å². The first-order valence-electron chi connectivity index (χ1n) is 6.23. The number of nitrogens with zero attached hydrogens (tertiary/aromatic N) is 1. The number of thiophene rings is 1. The van der Waals surface area contributed by atoms with Gasteiger partial charge in [-0.25, -0.2) is 0 Å². The summed E-state index contributed by atoms with van der Waals surface area (Å²) in [6.07, 6.45) is 5.98. The smallest absolute Gasteiger partial charge is 0.171 e. The van der Waals surface area contributed by atoms with E-state index in [0.29, 0.717) is 22.2 Å². The van der Waals surface area contributed by atoms with Crippen molar-refractivity contribution in [3.05, 3.63) is 10.4 Å². The van der Waals surface area contributed by atoms with E-state index in [9.17, 15) is 4.79 Å². The van der Waals surface area contributed by atoms with Gasteiger partial charge in [-0.15, -0.1) is 11.3 Å². The van der Waals surface area contributed by atoms with E-state index in [0.717, 1.165) is 17.8 Å². The molecule has 1 aliphatic rings. The number of rotatable bonds is 3. The molecule has 2 rings (SSSR count). The maximum atomic E-state index is 11.4. The van der Waals surface area contributed by atoms with Gasteiger partial charge in [-0.3, -0.25) is 4.79 Å². The van der Waals surface area contributed by atoms with Gasteiger partial charge in [0.2, 0.25) is 0 Å². The molecular formula is C13H17N3OS. The summed E-state index contributed by atoms with van der Waals surface area (Å²) in [5.41, 5.74) is 6.60. The fraction of sp³-hybridized carbons (Fsp3) is 0.538. The number of carbonyl (C=O) groups excluding carboxylic acids is 1. The first-order chi connectivity index (χ1) is 8.63. The minimum Gasteiger partial charge on any atom is -0.396 e. The summed E-state index contributed by atoms with van der Waals surface area (Å²) < 4.78 is 0. The van der Waals surface area contributed by atoms with Crippen LogP contribution in [-0.2, 0) is 0 Å². The monoisotopic (exact) mass is 263 g/mol. The molecule has 96 valence electrons. The zero-order valence-electron chi connectivity index (χ0n) is 10.5. The van der Waals surface area contributed by atoms with Crippen LogP contribution in [0.2, 0.25) is 0 Å². The molecule has 0 radical (unpaired) electrons. The fourth-order valence-electron chi connectivity index (χ4n) is 2.35. The third kappa shape index (κ3) is 2.49. The average molecular weight is 263 g/mol. The molecule has 1 aliphatic carbocycles. The molecule has 3 N–H and O–H groups in total. The number of nitriles is 1. The predicted molar refractivity (Wildman–Crippen MR) is 73.9 cm³/mol. The molecule has 1 saturated carbocycles. The van der Waals surface area contributed by atoms with E-state index in [1.165, 1.54) is 37.5 Å². The Bertz CT molecular complexity index is 495. The average Bonchev–Trinajstić information content (AvgIpc) is 2.67. The Labute approximate surface area is 111 Å². The van der Waals surface area contributed by atoms with Crippen molar-refractivity contribution in [1.29, 1.82) is 5.26 Å². The standard InChI is InChI=1S/C13H17N3OS/c1-8(17)12-11(15)10(7-14)13(18-12)16-9-5-3-2-4-6-9/h9,16H,2-6,15H2,1H3. The van der Waals surface area contributed by atoms with Gasteiger partial charge in [0.1, 0.15) is 16.6 Å². The number of nitrogens with two attached hydrogens (primary N) is 1. The van der Waals surface area contributed by atoms with Gasteiger partial charge in [0.05, 0.1) is 10.6 Å². The van der Waals surface area contributed by atoms with Crippen LogP contribution >= 0.6 is 11.3 Å². The highest BCUT2D eigenvalue weighted by Crippen LogP contribution is 2.37. The van der Waals surface area contributed by atoms with Gasteiger partial charge in [0, 0.05) is 13.0 Å². The van der Waals surface area contributed by atoms with Gasteiger partial charge < -0.3 is 11.1 Å². The lowest BCUT2D eigenvalue weighted by Gasteiger charge is -2.23. The summed E-state index contributed by atoms with van der Waals surface area (Å²) >= 11 is 1.30. The minimum absolute atomic E-state index is 0.0781. The van der Waals surface area contributed by atoms with E-state index in [2.05, 4.69) is 11.4 Å². The molecule has 0 amide bonds. The van der Waals surface area contributed by atoms with Gasteiger partial charge in [-0.05, 0) is 12.8 Å². The number of carbonyl (C=O) groups is 1. The number of ketones is 1. The summed E-state index contributed by atoms with van der Waals surface area (Å²) in [6, 6.07) is 2.51. The fourth-order valence-corrected chi connectivity index (χ4v) is 3.39. The number of nitrogens with one attached hydrogen (secondary N) is 1. The summed E-state index contributed by atoms with van der Waals surface area (Å²) in [5.74, 6) is -0.0781. The van der Waals surface area contributed by atoms with Crippen molar-refractivity contribution in [2.24, 2.45) is 0 Å². The molecule has 0 spiro atoms. The summed E-state index contributed by atoms with van der Waals surface area (Å²) in [6.45, 7) is 1.48. The second-order valence-electron chi connectivity index (χ2n) is 4.70. The van der Waals surface area contributed by atoms with Gasteiger partial charge in [-0.2, -0.15) is 5.26 Å². The quantitative estimate of drug-likeness (QED) is 0.821. The number of anilines is 2. The number of hydrogen-bond acceptors (Lipinski definition) is 5. The summed E-state index contributed by atoms with van der Waals surface area (Å²) in [5, 5.41) is 13.3. The lowest BCUT2D eigenvalue weighted by molar-refractivity contribution is 0.102. The second kappa shape index (κ2) is 5.40. The van der Waals surface area contributed by atoms with Crippen molar-refractivity contribution in [1.82, 2.24) is 0 Å². The number of hydrogen-bond donors (Lipinski definition) is 2. The van der Waals surface area contributed by atoms with Crippen LogP contribution in [0.15, 0.2) is 0 Å². The first kappa shape index (κ1) is 12.9. The van der Waals surface area contributed by atoms with Crippen LogP contribution in [0.25, 0.3) is 0 Å². The maximum Gasteiger partial charge on any atom is 0.171 e.